The highest BCUT2D eigenvalue weighted by molar-refractivity contribution is 5.73. The Bertz CT molecular complexity index is 374. The lowest BCUT2D eigenvalue weighted by molar-refractivity contribution is -0.239. The van der Waals surface area contributed by atoms with Crippen LogP contribution in [-0.4, -0.2) is 11.2 Å². The summed E-state index contributed by atoms with van der Waals surface area (Å²) >= 11 is 0. The Labute approximate surface area is 92.8 Å². The second kappa shape index (κ2) is 4.61. The van der Waals surface area contributed by atoms with E-state index in [1.54, 1.807) is 12.1 Å². The van der Waals surface area contributed by atoms with E-state index in [-0.39, 0.29) is 17.7 Å². The smallest absolute Gasteiger partial charge is 0.301 e. The van der Waals surface area contributed by atoms with E-state index in [0.29, 0.717) is 6.42 Å². The minimum absolute atomic E-state index is 0.0280. The van der Waals surface area contributed by atoms with Crippen molar-refractivity contribution in [2.24, 2.45) is 5.92 Å². The summed E-state index contributed by atoms with van der Waals surface area (Å²) in [4.78, 5) is 15.1. The van der Waals surface area contributed by atoms with Crippen molar-refractivity contribution in [3.8, 4) is 0 Å². The van der Waals surface area contributed by atoms with Gasteiger partial charge in [-0.25, -0.2) is 9.18 Å². The van der Waals surface area contributed by atoms with Gasteiger partial charge in [-0.15, -0.1) is 0 Å². The molecule has 0 bridgehead atoms. The fourth-order valence-electron chi connectivity index (χ4n) is 2.42. The Balaban J connectivity index is 2.19. The molecule has 1 saturated carbocycles. The highest BCUT2D eigenvalue weighted by Gasteiger charge is 2.35. The maximum Gasteiger partial charge on any atom is 0.345 e. The molecule has 86 valence electrons. The number of benzene rings is 1. The summed E-state index contributed by atoms with van der Waals surface area (Å²) in [6.07, 6.45) is 2.49. The first-order valence-corrected chi connectivity index (χ1v) is 5.33. The zero-order valence-electron chi connectivity index (χ0n) is 8.73. The number of carbonyl (C=O) groups excluding carboxylic acids is 1. The van der Waals surface area contributed by atoms with E-state index in [4.69, 9.17) is 5.26 Å². The van der Waals surface area contributed by atoms with Crippen molar-refractivity contribution in [1.82, 2.24) is 0 Å². The topological polar surface area (TPSA) is 46.5 Å². The highest BCUT2D eigenvalue weighted by atomic mass is 19.1. The van der Waals surface area contributed by atoms with Crippen LogP contribution in [0.15, 0.2) is 24.3 Å². The molecule has 0 amide bonds. The Morgan fingerprint density at radius 2 is 2.00 bits per heavy atom. The number of halogens is 1. The quantitative estimate of drug-likeness (QED) is 0.620. The van der Waals surface area contributed by atoms with Crippen molar-refractivity contribution in [1.29, 1.82) is 0 Å². The third-order valence-corrected chi connectivity index (χ3v) is 3.21. The molecule has 0 radical (unpaired) electrons. The monoisotopic (exact) mass is 224 g/mol. The van der Waals surface area contributed by atoms with Gasteiger partial charge >= 0.3 is 5.97 Å². The predicted octanol–water partition coefficient (Wildman–Crippen LogP) is 2.73. The van der Waals surface area contributed by atoms with Crippen LogP contribution < -0.4 is 0 Å². The standard InChI is InChI=1S/C12H13FO3/c13-9-6-4-8(5-7-9)10-2-1-3-11(10)12(14)16-15/h4-7,10-11,15H,1-3H2. The molecule has 16 heavy (non-hydrogen) atoms. The van der Waals surface area contributed by atoms with Gasteiger partial charge in [0, 0.05) is 0 Å². The number of hydrogen-bond acceptors (Lipinski definition) is 3. The molecule has 1 aliphatic rings. The lowest BCUT2D eigenvalue weighted by Gasteiger charge is -2.16. The lowest BCUT2D eigenvalue weighted by Crippen LogP contribution is -2.19. The lowest BCUT2D eigenvalue weighted by atomic mass is 9.89. The first kappa shape index (κ1) is 11.1. The van der Waals surface area contributed by atoms with Gasteiger partial charge in [-0.3, -0.25) is 0 Å². The maximum atomic E-state index is 12.8. The van der Waals surface area contributed by atoms with Crippen molar-refractivity contribution in [2.45, 2.75) is 25.2 Å². The van der Waals surface area contributed by atoms with E-state index in [2.05, 4.69) is 4.89 Å². The molecule has 0 spiro atoms. The van der Waals surface area contributed by atoms with Gasteiger partial charge in [0.2, 0.25) is 0 Å². The number of carbonyl (C=O) groups is 1. The minimum Gasteiger partial charge on any atom is -0.301 e. The number of hydrogen-bond donors (Lipinski definition) is 1. The van der Waals surface area contributed by atoms with E-state index >= 15 is 0 Å². The van der Waals surface area contributed by atoms with Crippen LogP contribution in [0.25, 0.3) is 0 Å². The molecule has 1 fully saturated rings. The van der Waals surface area contributed by atoms with Crippen LogP contribution in [0.5, 0.6) is 0 Å². The van der Waals surface area contributed by atoms with E-state index < -0.39 is 5.97 Å². The summed E-state index contributed by atoms with van der Waals surface area (Å²) < 4.78 is 12.8. The molecule has 0 heterocycles. The number of rotatable bonds is 2. The molecule has 1 aromatic rings. The van der Waals surface area contributed by atoms with Crippen molar-refractivity contribution < 1.29 is 19.3 Å². The fraction of sp³-hybridized carbons (Fsp3) is 0.417. The molecule has 2 atom stereocenters. The summed E-state index contributed by atoms with van der Waals surface area (Å²) in [6.45, 7) is 0. The normalized spacial score (nSPS) is 24.4. The van der Waals surface area contributed by atoms with E-state index in [9.17, 15) is 9.18 Å². The molecular weight excluding hydrogens is 211 g/mol. The van der Waals surface area contributed by atoms with Crippen LogP contribution in [0, 0.1) is 11.7 Å². The van der Waals surface area contributed by atoms with Crippen LogP contribution >= 0.6 is 0 Å². The molecule has 0 aromatic heterocycles. The third kappa shape index (κ3) is 2.07. The van der Waals surface area contributed by atoms with Gasteiger partial charge in [0.1, 0.15) is 5.82 Å². The van der Waals surface area contributed by atoms with Gasteiger partial charge in [-0.05, 0) is 36.5 Å². The average molecular weight is 224 g/mol. The first-order valence-electron chi connectivity index (χ1n) is 5.33. The summed E-state index contributed by atoms with van der Waals surface area (Å²) in [5, 5.41) is 8.39. The van der Waals surface area contributed by atoms with Crippen LogP contribution in [0.2, 0.25) is 0 Å². The predicted molar refractivity (Wildman–Crippen MR) is 55.2 cm³/mol. The Kier molecular flexibility index (Phi) is 3.19. The fourth-order valence-corrected chi connectivity index (χ4v) is 2.42. The largest absolute Gasteiger partial charge is 0.345 e. The summed E-state index contributed by atoms with van der Waals surface area (Å²) in [6, 6.07) is 6.13. The molecule has 2 unspecified atom stereocenters. The van der Waals surface area contributed by atoms with Crippen LogP contribution in [0.3, 0.4) is 0 Å². The molecule has 2 rings (SSSR count). The SMILES string of the molecule is O=C(OO)C1CCCC1c1ccc(F)cc1. The van der Waals surface area contributed by atoms with Crippen molar-refractivity contribution >= 4 is 5.97 Å². The molecular formula is C12H13FO3. The minimum atomic E-state index is -0.591. The Morgan fingerprint density at radius 3 is 2.62 bits per heavy atom. The van der Waals surface area contributed by atoms with Gasteiger partial charge in [0.05, 0.1) is 5.92 Å². The molecule has 3 nitrogen and oxygen atoms in total. The van der Waals surface area contributed by atoms with E-state index in [0.717, 1.165) is 18.4 Å². The molecule has 1 aliphatic carbocycles. The second-order valence-electron chi connectivity index (χ2n) is 4.11. The molecule has 4 heteroatoms. The van der Waals surface area contributed by atoms with Crippen LogP contribution in [0.4, 0.5) is 4.39 Å². The second-order valence-corrected chi connectivity index (χ2v) is 4.11. The molecule has 0 saturated heterocycles. The zero-order chi connectivity index (χ0) is 11.5. The van der Waals surface area contributed by atoms with Gasteiger partial charge in [0.25, 0.3) is 0 Å². The van der Waals surface area contributed by atoms with Crippen molar-refractivity contribution in [3.05, 3.63) is 35.6 Å². The maximum absolute atomic E-state index is 12.8. The van der Waals surface area contributed by atoms with E-state index in [1.165, 1.54) is 12.1 Å². The van der Waals surface area contributed by atoms with Crippen molar-refractivity contribution in [2.75, 3.05) is 0 Å². The summed E-state index contributed by atoms with van der Waals surface area (Å²) in [5.41, 5.74) is 0.925. The molecule has 1 N–H and O–H groups in total. The molecule has 0 aliphatic heterocycles. The third-order valence-electron chi connectivity index (χ3n) is 3.21. The van der Waals surface area contributed by atoms with E-state index in [1.807, 2.05) is 0 Å². The summed E-state index contributed by atoms with van der Waals surface area (Å²) in [5.74, 6) is -1.16. The zero-order valence-corrected chi connectivity index (χ0v) is 8.73. The summed E-state index contributed by atoms with van der Waals surface area (Å²) in [7, 11) is 0. The Hall–Kier alpha value is -1.42. The van der Waals surface area contributed by atoms with Crippen LogP contribution in [-0.2, 0) is 9.68 Å². The van der Waals surface area contributed by atoms with Crippen LogP contribution in [0.1, 0.15) is 30.7 Å². The molecule has 1 aromatic carbocycles. The average Bonchev–Trinajstić information content (AvgIpc) is 2.78. The van der Waals surface area contributed by atoms with Crippen molar-refractivity contribution in [3.63, 3.8) is 0 Å². The first-order chi connectivity index (χ1) is 7.72. The van der Waals surface area contributed by atoms with Gasteiger partial charge < -0.3 is 4.89 Å². The van der Waals surface area contributed by atoms with Gasteiger partial charge in [-0.2, -0.15) is 5.26 Å². The van der Waals surface area contributed by atoms with Gasteiger partial charge in [-0.1, -0.05) is 18.6 Å². The van der Waals surface area contributed by atoms with Gasteiger partial charge in [0.15, 0.2) is 0 Å². The highest BCUT2D eigenvalue weighted by Crippen LogP contribution is 2.40. The Morgan fingerprint density at radius 1 is 1.31 bits per heavy atom.